The summed E-state index contributed by atoms with van der Waals surface area (Å²) in [5, 5.41) is 10.9. The van der Waals surface area contributed by atoms with Crippen LogP contribution >= 0.6 is 21.6 Å². The van der Waals surface area contributed by atoms with Crippen molar-refractivity contribution in [2.45, 2.75) is 32.7 Å². The van der Waals surface area contributed by atoms with E-state index in [9.17, 15) is 4.79 Å². The molecule has 0 unspecified atom stereocenters. The van der Waals surface area contributed by atoms with Crippen molar-refractivity contribution in [2.24, 2.45) is 0 Å². The van der Waals surface area contributed by atoms with Crippen LogP contribution < -0.4 is 5.32 Å². The third-order valence-corrected chi connectivity index (χ3v) is 4.13. The maximum absolute atomic E-state index is 10.2. The van der Waals surface area contributed by atoms with E-state index in [1.807, 2.05) is 6.92 Å². The Balaban J connectivity index is 0.000000424. The second kappa shape index (κ2) is 6.43. The number of carboxylic acid groups (broad SMARTS) is 1. The topological polar surface area (TPSA) is 49.3 Å². The molecule has 0 aromatic rings. The second-order valence-corrected chi connectivity index (χ2v) is 5.69. The monoisotopic (exact) mass is 223 g/mol. The van der Waals surface area contributed by atoms with Crippen LogP contribution in [0.15, 0.2) is 0 Å². The van der Waals surface area contributed by atoms with E-state index in [1.165, 1.54) is 6.42 Å². The summed E-state index contributed by atoms with van der Waals surface area (Å²) in [5.74, 6) is 1.73. The van der Waals surface area contributed by atoms with Crippen molar-refractivity contribution in [3.63, 3.8) is 0 Å². The van der Waals surface area contributed by atoms with Gasteiger partial charge in [-0.2, -0.15) is 0 Å². The van der Waals surface area contributed by atoms with Gasteiger partial charge in [-0.3, -0.25) is 0 Å². The molecule has 1 aliphatic rings. The van der Waals surface area contributed by atoms with E-state index >= 15 is 0 Å². The highest BCUT2D eigenvalue weighted by Gasteiger charge is 2.31. The summed E-state index contributed by atoms with van der Waals surface area (Å²) in [5.41, 5.74) is -0.207. The average Bonchev–Trinajstić information content (AvgIpc) is 2.35. The van der Waals surface area contributed by atoms with E-state index in [2.05, 4.69) is 19.2 Å². The lowest BCUT2D eigenvalue weighted by molar-refractivity contribution is 0.185. The van der Waals surface area contributed by atoms with Gasteiger partial charge in [-0.15, -0.1) is 0 Å². The molecule has 0 spiro atoms. The van der Waals surface area contributed by atoms with Gasteiger partial charge in [0.15, 0.2) is 0 Å². The molecule has 1 aliphatic heterocycles. The van der Waals surface area contributed by atoms with Crippen LogP contribution in [0.3, 0.4) is 0 Å². The maximum atomic E-state index is 10.2. The third-order valence-electron chi connectivity index (χ3n) is 1.25. The predicted molar refractivity (Wildman–Crippen MR) is 60.4 cm³/mol. The lowest BCUT2D eigenvalue weighted by Gasteiger charge is -2.20. The number of carbonyl (C=O) groups is 1. The zero-order valence-electron chi connectivity index (χ0n) is 8.29. The fraction of sp³-hybridized carbons (Fsp3) is 0.875. The van der Waals surface area contributed by atoms with E-state index in [0.717, 1.165) is 11.5 Å². The van der Waals surface area contributed by atoms with Gasteiger partial charge >= 0.3 is 6.09 Å². The van der Waals surface area contributed by atoms with Gasteiger partial charge in [0.05, 0.1) is 5.54 Å². The summed E-state index contributed by atoms with van der Waals surface area (Å²) < 4.78 is 0. The fourth-order valence-electron chi connectivity index (χ4n) is 0.715. The molecular weight excluding hydrogens is 206 g/mol. The predicted octanol–water partition coefficient (Wildman–Crippen LogP) is 2.82. The van der Waals surface area contributed by atoms with Crippen LogP contribution in [0.4, 0.5) is 4.79 Å². The Hall–Kier alpha value is -0.0300. The van der Waals surface area contributed by atoms with Crippen molar-refractivity contribution in [3.8, 4) is 0 Å². The summed E-state index contributed by atoms with van der Waals surface area (Å²) in [6.45, 7) is 6.17. The highest BCUT2D eigenvalue weighted by Crippen LogP contribution is 2.36. The maximum Gasteiger partial charge on any atom is 0.405 e. The standard InChI is InChI=1S/C5H9NO2S2.C3H8/c1-5(6-4(7)8)2-9-10-3-5;1-3-2/h6H,2-3H2,1H3,(H,7,8);3H2,1-2H3. The highest BCUT2D eigenvalue weighted by molar-refractivity contribution is 8.77. The van der Waals surface area contributed by atoms with E-state index in [4.69, 9.17) is 5.11 Å². The lowest BCUT2D eigenvalue weighted by Crippen LogP contribution is -2.47. The highest BCUT2D eigenvalue weighted by atomic mass is 33.1. The lowest BCUT2D eigenvalue weighted by atomic mass is 10.1. The molecule has 0 aliphatic carbocycles. The first-order valence-electron chi connectivity index (χ1n) is 4.29. The zero-order chi connectivity index (χ0) is 10.3. The molecule has 1 rings (SSSR count). The molecule has 78 valence electrons. The molecular formula is C8H17NO2S2. The Morgan fingerprint density at radius 2 is 1.85 bits per heavy atom. The molecule has 0 saturated carbocycles. The van der Waals surface area contributed by atoms with Crippen molar-refractivity contribution in [3.05, 3.63) is 0 Å². The number of rotatable bonds is 1. The summed E-state index contributed by atoms with van der Waals surface area (Å²) in [4.78, 5) is 10.2. The molecule has 1 amide bonds. The second-order valence-electron chi connectivity index (χ2n) is 3.22. The molecule has 2 N–H and O–H groups in total. The summed E-state index contributed by atoms with van der Waals surface area (Å²) in [6.07, 6.45) is 0.325. The first kappa shape index (κ1) is 13.0. The van der Waals surface area contributed by atoms with Crippen LogP contribution in [0.1, 0.15) is 27.2 Å². The average molecular weight is 223 g/mol. The minimum atomic E-state index is -0.925. The van der Waals surface area contributed by atoms with Gasteiger partial charge < -0.3 is 10.4 Å². The van der Waals surface area contributed by atoms with Crippen LogP contribution in [-0.2, 0) is 0 Å². The minimum Gasteiger partial charge on any atom is -0.465 e. The summed E-state index contributed by atoms with van der Waals surface area (Å²) in [7, 11) is 3.43. The molecule has 3 nitrogen and oxygen atoms in total. The van der Waals surface area contributed by atoms with Crippen molar-refractivity contribution in [1.82, 2.24) is 5.32 Å². The van der Waals surface area contributed by atoms with Crippen LogP contribution in [0.5, 0.6) is 0 Å². The number of nitrogens with one attached hydrogen (secondary N) is 1. The fourth-order valence-corrected chi connectivity index (χ4v) is 3.94. The SMILES string of the molecule is CC1(NC(=O)O)CSSC1.CCC. The summed E-state index contributed by atoms with van der Waals surface area (Å²) >= 11 is 0. The van der Waals surface area contributed by atoms with Crippen LogP contribution in [0.25, 0.3) is 0 Å². The number of hydrogen-bond acceptors (Lipinski definition) is 3. The van der Waals surface area contributed by atoms with Gasteiger partial charge in [0.1, 0.15) is 0 Å². The van der Waals surface area contributed by atoms with E-state index in [0.29, 0.717) is 0 Å². The van der Waals surface area contributed by atoms with Gasteiger partial charge in [0.2, 0.25) is 0 Å². The van der Waals surface area contributed by atoms with Crippen molar-refractivity contribution >= 4 is 27.7 Å². The smallest absolute Gasteiger partial charge is 0.405 e. The quantitative estimate of drug-likeness (QED) is 0.671. The van der Waals surface area contributed by atoms with E-state index < -0.39 is 6.09 Å². The van der Waals surface area contributed by atoms with Crippen LogP contribution in [-0.4, -0.2) is 28.2 Å². The van der Waals surface area contributed by atoms with E-state index in [1.54, 1.807) is 21.6 Å². The largest absolute Gasteiger partial charge is 0.465 e. The Morgan fingerprint density at radius 1 is 1.46 bits per heavy atom. The Labute approximate surface area is 87.4 Å². The van der Waals surface area contributed by atoms with Crippen molar-refractivity contribution in [1.29, 1.82) is 0 Å². The number of amides is 1. The van der Waals surface area contributed by atoms with Gasteiger partial charge in [0, 0.05) is 11.5 Å². The molecule has 0 bridgehead atoms. The molecule has 0 radical (unpaired) electrons. The molecule has 0 aromatic heterocycles. The Bertz CT molecular complexity index is 158. The molecule has 5 heteroatoms. The Morgan fingerprint density at radius 3 is 2.15 bits per heavy atom. The molecule has 13 heavy (non-hydrogen) atoms. The van der Waals surface area contributed by atoms with Gasteiger partial charge in [-0.25, -0.2) is 4.79 Å². The Kier molecular flexibility index (Phi) is 6.41. The van der Waals surface area contributed by atoms with Crippen LogP contribution in [0, 0.1) is 0 Å². The first-order chi connectivity index (χ1) is 6.04. The van der Waals surface area contributed by atoms with Gasteiger partial charge in [-0.1, -0.05) is 41.9 Å². The molecule has 0 atom stereocenters. The normalized spacial score (nSPS) is 18.7. The van der Waals surface area contributed by atoms with Crippen molar-refractivity contribution < 1.29 is 9.90 Å². The molecule has 1 saturated heterocycles. The molecule has 0 aromatic carbocycles. The van der Waals surface area contributed by atoms with Gasteiger partial charge in [0.25, 0.3) is 0 Å². The third kappa shape index (κ3) is 6.10. The first-order valence-corrected chi connectivity index (χ1v) is 6.78. The summed E-state index contributed by atoms with van der Waals surface area (Å²) in [6, 6.07) is 0. The van der Waals surface area contributed by atoms with Gasteiger partial charge in [-0.05, 0) is 6.92 Å². The van der Waals surface area contributed by atoms with Crippen molar-refractivity contribution in [2.75, 3.05) is 11.5 Å². The number of hydrogen-bond donors (Lipinski definition) is 2. The van der Waals surface area contributed by atoms with E-state index in [-0.39, 0.29) is 5.54 Å². The minimum absolute atomic E-state index is 0.207. The van der Waals surface area contributed by atoms with Crippen LogP contribution in [0.2, 0.25) is 0 Å². The zero-order valence-corrected chi connectivity index (χ0v) is 9.93. The molecule has 1 heterocycles. The molecule has 1 fully saturated rings.